The maximum Gasteiger partial charge on any atom is 0.339 e. The summed E-state index contributed by atoms with van der Waals surface area (Å²) < 4.78 is 10.7. The van der Waals surface area contributed by atoms with Crippen molar-refractivity contribution < 1.29 is 28.7 Å². The van der Waals surface area contributed by atoms with Crippen LogP contribution in [-0.2, 0) is 25.6 Å². The van der Waals surface area contributed by atoms with E-state index in [2.05, 4.69) is 4.98 Å². The maximum absolute atomic E-state index is 13.0. The summed E-state index contributed by atoms with van der Waals surface area (Å²) in [5.41, 5.74) is 0.852. The second kappa shape index (κ2) is 9.22. The Hall–Kier alpha value is -4.33. The molecule has 0 saturated carbocycles. The minimum Gasteiger partial charge on any atom is -0.444 e. The highest BCUT2D eigenvalue weighted by atomic mass is 16.6. The van der Waals surface area contributed by atoms with Gasteiger partial charge in [0.1, 0.15) is 0 Å². The largest absolute Gasteiger partial charge is 0.444 e. The van der Waals surface area contributed by atoms with Crippen LogP contribution in [0.2, 0.25) is 0 Å². The number of hydrogen-bond acceptors (Lipinski definition) is 7. The first-order chi connectivity index (χ1) is 15.5. The molecule has 0 aliphatic carbocycles. The minimum absolute atomic E-state index is 0.142. The third-order valence-electron chi connectivity index (χ3n) is 4.83. The summed E-state index contributed by atoms with van der Waals surface area (Å²) in [7, 11) is 0. The highest BCUT2D eigenvalue weighted by molar-refractivity contribution is 6.10. The van der Waals surface area contributed by atoms with Crippen molar-refractivity contribution in [3.63, 3.8) is 0 Å². The molecule has 0 spiro atoms. The number of rotatable bonds is 6. The number of pyridine rings is 1. The lowest BCUT2D eigenvalue weighted by Gasteiger charge is -2.16. The van der Waals surface area contributed by atoms with Crippen LogP contribution in [0.4, 0.5) is 0 Å². The molecular formula is C24H18N2O6. The standard InChI is InChI=1S/C24H18N2O6/c27-21-19(31-23(29)16-9-3-1-4-10-16)20(32-24(30)17-11-5-2-6-12-17)22(28)26(21)15-18-13-7-8-14-25-18/h1-14,19-20H,15H2/t19-,20+. The summed E-state index contributed by atoms with van der Waals surface area (Å²) in [6, 6.07) is 21.1. The van der Waals surface area contributed by atoms with Crippen LogP contribution in [0.15, 0.2) is 85.1 Å². The Morgan fingerprint density at radius 2 is 1.19 bits per heavy atom. The van der Waals surface area contributed by atoms with Crippen molar-refractivity contribution in [2.45, 2.75) is 18.8 Å². The van der Waals surface area contributed by atoms with Crippen molar-refractivity contribution in [3.8, 4) is 0 Å². The molecule has 3 aromatic rings. The molecule has 1 fully saturated rings. The summed E-state index contributed by atoms with van der Waals surface area (Å²) in [6.07, 6.45) is -1.68. The Kier molecular flexibility index (Phi) is 6.03. The quantitative estimate of drug-likeness (QED) is 0.437. The lowest BCUT2D eigenvalue weighted by Crippen LogP contribution is -2.37. The van der Waals surface area contributed by atoms with Gasteiger partial charge in [-0.05, 0) is 36.4 Å². The van der Waals surface area contributed by atoms with Crippen LogP contribution in [0.3, 0.4) is 0 Å². The average molecular weight is 430 g/mol. The molecule has 0 N–H and O–H groups in total. The second-order valence-electron chi connectivity index (χ2n) is 6.97. The molecule has 2 atom stereocenters. The normalized spacial score (nSPS) is 17.8. The number of carbonyl (C=O) groups is 4. The van der Waals surface area contributed by atoms with E-state index < -0.39 is 36.0 Å². The van der Waals surface area contributed by atoms with E-state index in [0.29, 0.717) is 5.69 Å². The number of nitrogens with zero attached hydrogens (tertiary/aromatic N) is 2. The van der Waals surface area contributed by atoms with Gasteiger partial charge in [-0.25, -0.2) is 9.59 Å². The summed E-state index contributed by atoms with van der Waals surface area (Å²) in [5, 5.41) is 0. The third kappa shape index (κ3) is 4.39. The molecule has 4 rings (SSSR count). The smallest absolute Gasteiger partial charge is 0.339 e. The molecule has 1 aliphatic rings. The number of ether oxygens (including phenoxy) is 2. The SMILES string of the molecule is O=C(O[C@@H]1C(=O)N(Cc2ccccn2)C(=O)[C@@H]1OC(=O)c1ccccc1)c1ccccc1. The number of amides is 2. The van der Waals surface area contributed by atoms with Crippen molar-refractivity contribution in [2.75, 3.05) is 0 Å². The monoisotopic (exact) mass is 430 g/mol. The van der Waals surface area contributed by atoms with Crippen LogP contribution in [0.25, 0.3) is 0 Å². The van der Waals surface area contributed by atoms with Crippen molar-refractivity contribution in [1.29, 1.82) is 0 Å². The first kappa shape index (κ1) is 20.9. The fourth-order valence-corrected chi connectivity index (χ4v) is 3.22. The van der Waals surface area contributed by atoms with E-state index in [0.717, 1.165) is 4.90 Å². The van der Waals surface area contributed by atoms with E-state index in [1.165, 1.54) is 30.5 Å². The van der Waals surface area contributed by atoms with Crippen LogP contribution in [0, 0.1) is 0 Å². The fraction of sp³-hybridized carbons (Fsp3) is 0.125. The highest BCUT2D eigenvalue weighted by Gasteiger charge is 2.53. The van der Waals surface area contributed by atoms with Gasteiger partial charge in [0, 0.05) is 6.20 Å². The van der Waals surface area contributed by atoms with Gasteiger partial charge in [-0.2, -0.15) is 0 Å². The molecule has 2 heterocycles. The predicted molar refractivity (Wildman–Crippen MR) is 111 cm³/mol. The molecule has 2 amide bonds. The van der Waals surface area contributed by atoms with E-state index in [-0.39, 0.29) is 17.7 Å². The first-order valence-electron chi connectivity index (χ1n) is 9.82. The number of benzene rings is 2. The number of carbonyl (C=O) groups excluding carboxylic acids is 4. The van der Waals surface area contributed by atoms with Gasteiger partial charge < -0.3 is 9.47 Å². The topological polar surface area (TPSA) is 103 Å². The van der Waals surface area contributed by atoms with Crippen molar-refractivity contribution >= 4 is 23.8 Å². The van der Waals surface area contributed by atoms with Crippen LogP contribution in [0.1, 0.15) is 26.4 Å². The number of hydrogen-bond donors (Lipinski definition) is 0. The van der Waals surface area contributed by atoms with Gasteiger partial charge in [0.2, 0.25) is 12.2 Å². The summed E-state index contributed by atoms with van der Waals surface area (Å²) in [6.45, 7) is -0.142. The van der Waals surface area contributed by atoms with E-state index in [9.17, 15) is 19.2 Å². The zero-order chi connectivity index (χ0) is 22.5. The molecule has 0 bridgehead atoms. The molecule has 32 heavy (non-hydrogen) atoms. The lowest BCUT2D eigenvalue weighted by molar-refractivity contribution is -0.142. The van der Waals surface area contributed by atoms with Crippen LogP contribution in [-0.4, -0.2) is 45.8 Å². The van der Waals surface area contributed by atoms with Crippen molar-refractivity contribution in [2.24, 2.45) is 0 Å². The number of imide groups is 1. The number of likely N-dealkylation sites (tertiary alicyclic amines) is 1. The molecule has 0 radical (unpaired) electrons. The van der Waals surface area contributed by atoms with E-state index in [1.807, 2.05) is 0 Å². The lowest BCUT2D eigenvalue weighted by atomic mass is 10.2. The average Bonchev–Trinajstić information content (AvgIpc) is 3.05. The number of aromatic nitrogens is 1. The molecule has 8 nitrogen and oxygen atoms in total. The summed E-state index contributed by atoms with van der Waals surface area (Å²) in [5.74, 6) is -3.18. The molecule has 2 aromatic carbocycles. The Morgan fingerprint density at radius 1 is 0.719 bits per heavy atom. The van der Waals surface area contributed by atoms with Gasteiger partial charge >= 0.3 is 11.9 Å². The van der Waals surface area contributed by atoms with E-state index in [1.54, 1.807) is 54.6 Å². The summed E-state index contributed by atoms with van der Waals surface area (Å²) in [4.78, 5) is 56.2. The molecule has 160 valence electrons. The zero-order valence-electron chi connectivity index (χ0n) is 16.8. The van der Waals surface area contributed by atoms with Gasteiger partial charge in [-0.15, -0.1) is 0 Å². The Labute approximate surface area is 183 Å². The second-order valence-corrected chi connectivity index (χ2v) is 6.97. The third-order valence-corrected chi connectivity index (χ3v) is 4.83. The van der Waals surface area contributed by atoms with Gasteiger partial charge in [-0.1, -0.05) is 42.5 Å². The van der Waals surface area contributed by atoms with Crippen molar-refractivity contribution in [3.05, 3.63) is 102 Å². The van der Waals surface area contributed by atoms with Crippen LogP contribution < -0.4 is 0 Å². The maximum atomic E-state index is 13.0. The van der Waals surface area contributed by atoms with Crippen molar-refractivity contribution in [1.82, 2.24) is 9.88 Å². The van der Waals surface area contributed by atoms with Gasteiger partial charge in [0.05, 0.1) is 23.4 Å². The Morgan fingerprint density at radius 3 is 1.62 bits per heavy atom. The molecule has 0 unspecified atom stereocenters. The molecule has 1 saturated heterocycles. The molecule has 1 aliphatic heterocycles. The molecule has 8 heteroatoms. The summed E-state index contributed by atoms with van der Waals surface area (Å²) >= 11 is 0. The van der Waals surface area contributed by atoms with Gasteiger partial charge in [0.15, 0.2) is 0 Å². The molecular weight excluding hydrogens is 412 g/mol. The van der Waals surface area contributed by atoms with E-state index >= 15 is 0 Å². The zero-order valence-corrected chi connectivity index (χ0v) is 16.8. The Bertz CT molecular complexity index is 1060. The fourth-order valence-electron chi connectivity index (χ4n) is 3.22. The molecule has 1 aromatic heterocycles. The highest BCUT2D eigenvalue weighted by Crippen LogP contribution is 2.24. The van der Waals surface area contributed by atoms with Crippen LogP contribution >= 0.6 is 0 Å². The Balaban J connectivity index is 1.60. The van der Waals surface area contributed by atoms with E-state index in [4.69, 9.17) is 9.47 Å². The minimum atomic E-state index is -1.61. The van der Waals surface area contributed by atoms with Gasteiger partial charge in [-0.3, -0.25) is 19.5 Å². The first-order valence-corrected chi connectivity index (χ1v) is 9.82. The van der Waals surface area contributed by atoms with Crippen LogP contribution in [0.5, 0.6) is 0 Å². The van der Waals surface area contributed by atoms with Gasteiger partial charge in [0.25, 0.3) is 11.8 Å². The predicted octanol–water partition coefficient (Wildman–Crippen LogP) is 2.40. The number of esters is 2.